The fourth-order valence-corrected chi connectivity index (χ4v) is 2.84. The fraction of sp³-hybridized carbons (Fsp3) is 0.200. The van der Waals surface area contributed by atoms with Crippen LogP contribution in [0.2, 0.25) is 0 Å². The zero-order valence-corrected chi connectivity index (χ0v) is 14.4. The number of hydrogen-bond acceptors (Lipinski definition) is 4. The number of ether oxygens (including phenoxy) is 2. The van der Waals surface area contributed by atoms with E-state index >= 15 is 0 Å². The van der Waals surface area contributed by atoms with Gasteiger partial charge in [0.05, 0.1) is 11.1 Å². The highest BCUT2D eigenvalue weighted by atomic mass is 16.6. The van der Waals surface area contributed by atoms with Crippen molar-refractivity contribution in [3.05, 3.63) is 70.8 Å². The van der Waals surface area contributed by atoms with Crippen molar-refractivity contribution in [3.63, 3.8) is 0 Å². The van der Waals surface area contributed by atoms with Crippen molar-refractivity contribution < 1.29 is 29.3 Å². The first kappa shape index (κ1) is 17.7. The molecule has 3 rings (SSSR count). The zero-order valence-electron chi connectivity index (χ0n) is 14.4. The molecule has 0 saturated carbocycles. The van der Waals surface area contributed by atoms with Gasteiger partial charge in [-0.25, -0.2) is 9.59 Å². The second-order valence-electron chi connectivity index (χ2n) is 6.26. The van der Waals surface area contributed by atoms with Crippen molar-refractivity contribution >= 4 is 11.9 Å². The quantitative estimate of drug-likeness (QED) is 0.596. The Morgan fingerprint density at radius 3 is 2.19 bits per heavy atom. The third-order valence-corrected chi connectivity index (χ3v) is 4.21. The summed E-state index contributed by atoms with van der Waals surface area (Å²) in [5, 5.41) is 18.2. The molecule has 1 aliphatic heterocycles. The van der Waals surface area contributed by atoms with E-state index in [4.69, 9.17) is 14.6 Å². The molecule has 2 N–H and O–H groups in total. The number of rotatable bonds is 6. The third kappa shape index (κ3) is 3.45. The lowest BCUT2D eigenvalue weighted by Gasteiger charge is -2.10. The molecule has 2 aromatic carbocycles. The Balaban J connectivity index is 1.82. The predicted molar refractivity (Wildman–Crippen MR) is 94.0 cm³/mol. The summed E-state index contributed by atoms with van der Waals surface area (Å²) >= 11 is 0. The van der Waals surface area contributed by atoms with Gasteiger partial charge in [-0.2, -0.15) is 0 Å². The summed E-state index contributed by atoms with van der Waals surface area (Å²) in [6.07, 6.45) is 0.0529. The van der Waals surface area contributed by atoms with Gasteiger partial charge < -0.3 is 19.7 Å². The maximum absolute atomic E-state index is 11.3. The highest BCUT2D eigenvalue weighted by molar-refractivity contribution is 6.02. The largest absolute Gasteiger partial charge is 0.478 e. The lowest BCUT2D eigenvalue weighted by Crippen LogP contribution is -2.08. The Labute approximate surface area is 150 Å². The number of epoxide rings is 1. The van der Waals surface area contributed by atoms with Gasteiger partial charge in [-0.3, -0.25) is 0 Å². The van der Waals surface area contributed by atoms with Crippen LogP contribution in [0.4, 0.5) is 0 Å². The van der Waals surface area contributed by atoms with Crippen LogP contribution in [0.3, 0.4) is 0 Å². The SMILES string of the molecule is C=C(C)C1OC1c1ccc(Oc2ccc(C(=O)O)c(C(=O)O)c2)cc1C. The van der Waals surface area contributed by atoms with E-state index in [0.717, 1.165) is 16.7 Å². The number of carboxylic acid groups (broad SMARTS) is 2. The Morgan fingerprint density at radius 1 is 1.04 bits per heavy atom. The van der Waals surface area contributed by atoms with Crippen LogP contribution in [0.1, 0.15) is 44.9 Å². The van der Waals surface area contributed by atoms with Crippen molar-refractivity contribution in [2.45, 2.75) is 26.1 Å². The van der Waals surface area contributed by atoms with Gasteiger partial charge in [0.1, 0.15) is 23.7 Å². The molecule has 0 amide bonds. The van der Waals surface area contributed by atoms with Gasteiger partial charge in [0.2, 0.25) is 0 Å². The molecular formula is C20H18O6. The molecule has 6 heteroatoms. The second kappa shape index (κ2) is 6.65. The Kier molecular flexibility index (Phi) is 4.52. The number of carboxylic acids is 2. The van der Waals surface area contributed by atoms with E-state index in [9.17, 15) is 14.7 Å². The smallest absolute Gasteiger partial charge is 0.336 e. The number of carbonyl (C=O) groups is 2. The van der Waals surface area contributed by atoms with Crippen LogP contribution >= 0.6 is 0 Å². The highest BCUT2D eigenvalue weighted by Gasteiger charge is 2.41. The molecule has 0 aliphatic carbocycles. The minimum Gasteiger partial charge on any atom is -0.478 e. The molecule has 0 aromatic heterocycles. The number of hydrogen-bond donors (Lipinski definition) is 2. The predicted octanol–water partition coefficient (Wildman–Crippen LogP) is 4.20. The molecule has 1 saturated heterocycles. The van der Waals surface area contributed by atoms with Crippen LogP contribution in [-0.4, -0.2) is 28.3 Å². The van der Waals surface area contributed by atoms with Gasteiger partial charge in [-0.1, -0.05) is 12.6 Å². The van der Waals surface area contributed by atoms with Gasteiger partial charge in [0.25, 0.3) is 0 Å². The van der Waals surface area contributed by atoms with E-state index in [1.54, 1.807) is 6.07 Å². The van der Waals surface area contributed by atoms with Crippen molar-refractivity contribution in [1.29, 1.82) is 0 Å². The van der Waals surface area contributed by atoms with Crippen LogP contribution in [0.15, 0.2) is 48.6 Å². The molecule has 26 heavy (non-hydrogen) atoms. The highest BCUT2D eigenvalue weighted by Crippen LogP contribution is 2.44. The van der Waals surface area contributed by atoms with Crippen molar-refractivity contribution in [3.8, 4) is 11.5 Å². The van der Waals surface area contributed by atoms with Crippen LogP contribution in [0, 0.1) is 6.92 Å². The van der Waals surface area contributed by atoms with Gasteiger partial charge in [-0.05, 0) is 60.9 Å². The maximum Gasteiger partial charge on any atom is 0.336 e. The first-order chi connectivity index (χ1) is 12.3. The first-order valence-electron chi connectivity index (χ1n) is 7.98. The van der Waals surface area contributed by atoms with E-state index in [1.165, 1.54) is 18.2 Å². The molecule has 1 aliphatic rings. The second-order valence-corrected chi connectivity index (χ2v) is 6.26. The van der Waals surface area contributed by atoms with Crippen molar-refractivity contribution in [1.82, 2.24) is 0 Å². The fourth-order valence-electron chi connectivity index (χ4n) is 2.84. The van der Waals surface area contributed by atoms with E-state index in [1.807, 2.05) is 26.0 Å². The molecule has 0 spiro atoms. The Hall–Kier alpha value is -3.12. The average molecular weight is 354 g/mol. The monoisotopic (exact) mass is 354 g/mol. The van der Waals surface area contributed by atoms with E-state index in [2.05, 4.69) is 6.58 Å². The summed E-state index contributed by atoms with van der Waals surface area (Å²) < 4.78 is 11.3. The average Bonchev–Trinajstić information content (AvgIpc) is 3.35. The molecule has 6 nitrogen and oxygen atoms in total. The summed E-state index contributed by atoms with van der Waals surface area (Å²) in [5.74, 6) is -1.85. The lowest BCUT2D eigenvalue weighted by atomic mass is 10.0. The van der Waals surface area contributed by atoms with Crippen LogP contribution in [-0.2, 0) is 4.74 Å². The number of benzene rings is 2. The van der Waals surface area contributed by atoms with Gasteiger partial charge >= 0.3 is 11.9 Å². The van der Waals surface area contributed by atoms with E-state index < -0.39 is 11.9 Å². The summed E-state index contributed by atoms with van der Waals surface area (Å²) in [5.41, 5.74) is 2.41. The van der Waals surface area contributed by atoms with Crippen LogP contribution < -0.4 is 4.74 Å². The molecule has 1 fully saturated rings. The molecule has 0 bridgehead atoms. The molecule has 1 heterocycles. The number of aryl methyl sites for hydroxylation is 1. The van der Waals surface area contributed by atoms with Gasteiger partial charge in [0, 0.05) is 0 Å². The van der Waals surface area contributed by atoms with Crippen molar-refractivity contribution in [2.24, 2.45) is 0 Å². The minimum absolute atomic E-state index is 0.00927. The van der Waals surface area contributed by atoms with E-state index in [0.29, 0.717) is 5.75 Å². The Bertz CT molecular complexity index is 915. The minimum atomic E-state index is -1.32. The van der Waals surface area contributed by atoms with E-state index in [-0.39, 0.29) is 29.1 Å². The summed E-state index contributed by atoms with van der Waals surface area (Å²) in [7, 11) is 0. The summed E-state index contributed by atoms with van der Waals surface area (Å²) in [6.45, 7) is 7.77. The summed E-state index contributed by atoms with van der Waals surface area (Å²) in [6, 6.07) is 9.36. The molecule has 0 radical (unpaired) electrons. The normalized spacial score (nSPS) is 18.2. The summed E-state index contributed by atoms with van der Waals surface area (Å²) in [4.78, 5) is 22.4. The third-order valence-electron chi connectivity index (χ3n) is 4.21. The van der Waals surface area contributed by atoms with Gasteiger partial charge in [-0.15, -0.1) is 0 Å². The zero-order chi connectivity index (χ0) is 19.0. The van der Waals surface area contributed by atoms with Crippen LogP contribution in [0.5, 0.6) is 11.5 Å². The number of aromatic carboxylic acids is 2. The van der Waals surface area contributed by atoms with Crippen LogP contribution in [0.25, 0.3) is 0 Å². The molecule has 2 aromatic rings. The maximum atomic E-state index is 11.3. The topological polar surface area (TPSA) is 96.4 Å². The van der Waals surface area contributed by atoms with Gasteiger partial charge in [0.15, 0.2) is 0 Å². The molecule has 2 unspecified atom stereocenters. The standard InChI is InChI=1S/C20H18O6/c1-10(2)17-18(26-17)14-6-4-12(8-11(14)3)25-13-5-7-15(19(21)22)16(9-13)20(23)24/h4-9,17-18H,1H2,2-3H3,(H,21,22)(H,23,24). The molecule has 2 atom stereocenters. The van der Waals surface area contributed by atoms with Crippen molar-refractivity contribution in [2.75, 3.05) is 0 Å². The Morgan fingerprint density at radius 2 is 1.65 bits per heavy atom. The molecular weight excluding hydrogens is 336 g/mol. The lowest BCUT2D eigenvalue weighted by molar-refractivity contribution is 0.0651. The first-order valence-corrected chi connectivity index (χ1v) is 7.98. The molecule has 134 valence electrons.